The van der Waals surface area contributed by atoms with Gasteiger partial charge in [-0.05, 0) is 142 Å². The normalized spacial score (nSPS) is 11.6. The fourth-order valence-electron chi connectivity index (χ4n) is 10.4. The van der Waals surface area contributed by atoms with E-state index in [0.717, 1.165) is 50.1 Å². The Labute approximate surface area is 382 Å². The summed E-state index contributed by atoms with van der Waals surface area (Å²) in [6, 6.07) is 90.3. The summed E-state index contributed by atoms with van der Waals surface area (Å²) >= 11 is 0. The lowest BCUT2D eigenvalue weighted by Gasteiger charge is -2.26. The zero-order valence-electron chi connectivity index (χ0n) is 36.0. The molecular formula is C64H41NO. The third kappa shape index (κ3) is 6.26. The molecule has 0 amide bonds. The maximum absolute atomic E-state index is 6.49. The van der Waals surface area contributed by atoms with Gasteiger partial charge in [-0.2, -0.15) is 0 Å². The highest BCUT2D eigenvalue weighted by Crippen LogP contribution is 2.47. The van der Waals surface area contributed by atoms with Gasteiger partial charge in [-0.25, -0.2) is 0 Å². The molecule has 0 saturated heterocycles. The number of hydrogen-bond acceptors (Lipinski definition) is 2. The van der Waals surface area contributed by atoms with Crippen molar-refractivity contribution in [3.8, 4) is 44.5 Å². The average Bonchev–Trinajstić information content (AvgIpc) is 3.77. The minimum atomic E-state index is 0.860. The number of fused-ring (bicyclic) bond motifs is 9. The second-order valence-corrected chi connectivity index (χ2v) is 17.2. The summed E-state index contributed by atoms with van der Waals surface area (Å²) in [5.74, 6) is 0. The van der Waals surface area contributed by atoms with Crippen LogP contribution in [-0.4, -0.2) is 0 Å². The fourth-order valence-corrected chi connectivity index (χ4v) is 10.4. The van der Waals surface area contributed by atoms with Crippen molar-refractivity contribution in [2.45, 2.75) is 0 Å². The molecule has 308 valence electrons. The average molecular weight is 840 g/mol. The second kappa shape index (κ2) is 15.5. The molecule has 0 N–H and O–H groups in total. The predicted octanol–water partition coefficient (Wildman–Crippen LogP) is 18.3. The molecule has 0 spiro atoms. The van der Waals surface area contributed by atoms with Crippen LogP contribution < -0.4 is 4.90 Å². The Bertz CT molecular complexity index is 3980. The van der Waals surface area contributed by atoms with Gasteiger partial charge in [0.25, 0.3) is 0 Å². The van der Waals surface area contributed by atoms with Gasteiger partial charge in [-0.3, -0.25) is 0 Å². The monoisotopic (exact) mass is 839 g/mol. The Morgan fingerprint density at radius 2 is 0.742 bits per heavy atom. The van der Waals surface area contributed by atoms with Crippen molar-refractivity contribution in [3.05, 3.63) is 249 Å². The summed E-state index contributed by atoms with van der Waals surface area (Å²) in [7, 11) is 0. The van der Waals surface area contributed by atoms with Crippen LogP contribution in [0.15, 0.2) is 253 Å². The minimum absolute atomic E-state index is 0.860. The predicted molar refractivity (Wildman–Crippen MR) is 280 cm³/mol. The number of hydrogen-bond donors (Lipinski definition) is 0. The van der Waals surface area contributed by atoms with Gasteiger partial charge in [-0.15, -0.1) is 0 Å². The number of nitrogens with zero attached hydrogens (tertiary/aromatic N) is 1. The second-order valence-electron chi connectivity index (χ2n) is 17.2. The van der Waals surface area contributed by atoms with Crippen molar-refractivity contribution in [1.82, 2.24) is 0 Å². The molecule has 0 atom stereocenters. The maximum atomic E-state index is 6.49. The number of furan rings is 1. The number of para-hydroxylation sites is 1. The van der Waals surface area contributed by atoms with Crippen LogP contribution >= 0.6 is 0 Å². The highest BCUT2D eigenvalue weighted by Gasteiger charge is 2.20. The largest absolute Gasteiger partial charge is 0.456 e. The Kier molecular flexibility index (Phi) is 8.89. The summed E-state index contributed by atoms with van der Waals surface area (Å²) in [4.78, 5) is 2.36. The van der Waals surface area contributed by atoms with Crippen molar-refractivity contribution in [3.63, 3.8) is 0 Å². The van der Waals surface area contributed by atoms with Crippen LogP contribution in [0.1, 0.15) is 0 Å². The van der Waals surface area contributed by atoms with E-state index >= 15 is 0 Å². The first-order valence-electron chi connectivity index (χ1n) is 22.7. The van der Waals surface area contributed by atoms with E-state index in [2.05, 4.69) is 241 Å². The zero-order chi connectivity index (χ0) is 43.6. The van der Waals surface area contributed by atoms with Gasteiger partial charge in [0.05, 0.1) is 0 Å². The molecule has 12 aromatic carbocycles. The van der Waals surface area contributed by atoms with E-state index in [1.165, 1.54) is 76.5 Å². The molecule has 13 rings (SSSR count). The fraction of sp³-hybridized carbons (Fsp3) is 0. The van der Waals surface area contributed by atoms with Gasteiger partial charge in [0, 0.05) is 33.9 Å². The SMILES string of the molecule is c1ccc(-c2c(-c3ccccc3)c3cc(-c4cccc(N(c5ccc(-c6cc7ccccc7c7ccccc67)cc5)c5ccc6c(c5)oc5ccccc56)c4)ccc3c3ccccc23)cc1. The van der Waals surface area contributed by atoms with E-state index in [-0.39, 0.29) is 0 Å². The Balaban J connectivity index is 0.988. The number of anilines is 3. The van der Waals surface area contributed by atoms with Crippen LogP contribution in [0.3, 0.4) is 0 Å². The van der Waals surface area contributed by atoms with Gasteiger partial charge in [0.2, 0.25) is 0 Å². The maximum Gasteiger partial charge on any atom is 0.137 e. The molecule has 1 heterocycles. The van der Waals surface area contributed by atoms with Gasteiger partial charge < -0.3 is 9.32 Å². The standard InChI is InChI=1S/C64H41NO/c1-3-16-43(17-4-1)63-58-28-12-11-25-53(58)55-36-32-46(39-60(55)64(63)44-18-5-2-6-19-44)45-21-15-22-49(38-45)65(50-35-37-57-56-27-13-14-29-61(56)66-62(57)41-50)48-33-30-42(31-34-48)59-40-47-20-7-8-23-51(47)52-24-9-10-26-54(52)59/h1-41H. The van der Waals surface area contributed by atoms with E-state index < -0.39 is 0 Å². The van der Waals surface area contributed by atoms with Crippen LogP contribution in [0.4, 0.5) is 17.1 Å². The summed E-state index contributed by atoms with van der Waals surface area (Å²) in [5.41, 5.74) is 14.5. The summed E-state index contributed by atoms with van der Waals surface area (Å²) in [5, 5.41) is 12.2. The Morgan fingerprint density at radius 1 is 0.242 bits per heavy atom. The molecule has 13 aromatic rings. The van der Waals surface area contributed by atoms with E-state index in [0.29, 0.717) is 0 Å². The van der Waals surface area contributed by atoms with Gasteiger partial charge in [-0.1, -0.05) is 188 Å². The van der Waals surface area contributed by atoms with Crippen molar-refractivity contribution >= 4 is 82.1 Å². The van der Waals surface area contributed by atoms with Crippen molar-refractivity contribution < 1.29 is 4.42 Å². The Hall–Kier alpha value is -8.72. The molecular weight excluding hydrogens is 799 g/mol. The quantitative estimate of drug-likeness (QED) is 0.149. The summed E-state index contributed by atoms with van der Waals surface area (Å²) in [6.07, 6.45) is 0. The molecule has 0 aliphatic carbocycles. The van der Waals surface area contributed by atoms with Crippen LogP contribution in [0, 0.1) is 0 Å². The Morgan fingerprint density at radius 3 is 1.50 bits per heavy atom. The van der Waals surface area contributed by atoms with Crippen LogP contribution in [0.5, 0.6) is 0 Å². The van der Waals surface area contributed by atoms with Gasteiger partial charge in [0.1, 0.15) is 11.2 Å². The molecule has 0 aliphatic rings. The number of benzene rings is 12. The first-order chi connectivity index (χ1) is 32.7. The molecule has 0 radical (unpaired) electrons. The highest BCUT2D eigenvalue weighted by molar-refractivity contribution is 6.22. The molecule has 0 aliphatic heterocycles. The van der Waals surface area contributed by atoms with Crippen molar-refractivity contribution in [1.29, 1.82) is 0 Å². The van der Waals surface area contributed by atoms with E-state index in [1.54, 1.807) is 0 Å². The lowest BCUT2D eigenvalue weighted by molar-refractivity contribution is 0.669. The van der Waals surface area contributed by atoms with E-state index in [9.17, 15) is 0 Å². The molecule has 66 heavy (non-hydrogen) atoms. The topological polar surface area (TPSA) is 16.4 Å². The van der Waals surface area contributed by atoms with E-state index in [4.69, 9.17) is 4.42 Å². The van der Waals surface area contributed by atoms with E-state index in [1.807, 2.05) is 12.1 Å². The summed E-state index contributed by atoms with van der Waals surface area (Å²) < 4.78 is 6.49. The van der Waals surface area contributed by atoms with Crippen molar-refractivity contribution in [2.24, 2.45) is 0 Å². The van der Waals surface area contributed by atoms with Crippen molar-refractivity contribution in [2.75, 3.05) is 4.90 Å². The first-order valence-corrected chi connectivity index (χ1v) is 22.7. The number of rotatable bonds is 7. The molecule has 0 bridgehead atoms. The molecule has 0 fully saturated rings. The smallest absolute Gasteiger partial charge is 0.137 e. The van der Waals surface area contributed by atoms with Crippen LogP contribution in [0.2, 0.25) is 0 Å². The minimum Gasteiger partial charge on any atom is -0.456 e. The molecule has 0 saturated carbocycles. The van der Waals surface area contributed by atoms with Gasteiger partial charge >= 0.3 is 0 Å². The first kappa shape index (κ1) is 37.8. The zero-order valence-corrected chi connectivity index (χ0v) is 36.0. The molecule has 1 aromatic heterocycles. The lowest BCUT2D eigenvalue weighted by atomic mass is 9.84. The third-order valence-electron chi connectivity index (χ3n) is 13.4. The lowest BCUT2D eigenvalue weighted by Crippen LogP contribution is -2.10. The molecule has 0 unspecified atom stereocenters. The third-order valence-corrected chi connectivity index (χ3v) is 13.4. The van der Waals surface area contributed by atoms with Crippen LogP contribution in [0.25, 0.3) is 110 Å². The highest BCUT2D eigenvalue weighted by atomic mass is 16.3. The van der Waals surface area contributed by atoms with Gasteiger partial charge in [0.15, 0.2) is 0 Å². The van der Waals surface area contributed by atoms with Crippen LogP contribution in [-0.2, 0) is 0 Å². The molecule has 2 heteroatoms. The molecule has 2 nitrogen and oxygen atoms in total. The summed E-state index contributed by atoms with van der Waals surface area (Å²) in [6.45, 7) is 0.